The standard InChI is InChI=1S/C27H24ClN3O4/c1-17-6-8-20(9-7-17)29-15-19-12-18-13-24-25(35-11-10-34-24)14-23(18)31(27(19)33)16-26(32)30-22-5-3-2-4-21(22)28/h2-9,12-14,29H,10-11,15-16H2,1H3,(H,30,32). The van der Waals surface area contributed by atoms with Crippen molar-refractivity contribution in [2.24, 2.45) is 0 Å². The minimum Gasteiger partial charge on any atom is -0.486 e. The number of hydrogen-bond acceptors (Lipinski definition) is 5. The molecule has 0 saturated heterocycles. The second-order valence-corrected chi connectivity index (χ2v) is 8.77. The third-order valence-corrected chi connectivity index (χ3v) is 6.15. The number of ether oxygens (including phenoxy) is 2. The van der Waals surface area contributed by atoms with Crippen LogP contribution < -0.4 is 25.7 Å². The van der Waals surface area contributed by atoms with Gasteiger partial charge in [-0.3, -0.25) is 14.2 Å². The maximum absolute atomic E-state index is 13.5. The quantitative estimate of drug-likeness (QED) is 0.399. The number of rotatable bonds is 6. The van der Waals surface area contributed by atoms with E-state index in [2.05, 4.69) is 10.6 Å². The second-order valence-electron chi connectivity index (χ2n) is 8.36. The van der Waals surface area contributed by atoms with Gasteiger partial charge in [-0.05, 0) is 43.3 Å². The van der Waals surface area contributed by atoms with Crippen LogP contribution in [-0.2, 0) is 17.9 Å². The van der Waals surface area contributed by atoms with Crippen molar-refractivity contribution >= 4 is 39.8 Å². The van der Waals surface area contributed by atoms with Gasteiger partial charge >= 0.3 is 0 Å². The molecule has 8 heteroatoms. The van der Waals surface area contributed by atoms with Crippen molar-refractivity contribution in [3.05, 3.63) is 93.2 Å². The Morgan fingerprint density at radius 2 is 1.71 bits per heavy atom. The number of carbonyl (C=O) groups excluding carboxylic acids is 1. The summed E-state index contributed by atoms with van der Waals surface area (Å²) in [5.41, 5.74) is 3.40. The molecule has 0 saturated carbocycles. The molecule has 3 aromatic carbocycles. The van der Waals surface area contributed by atoms with Gasteiger partial charge in [-0.1, -0.05) is 41.4 Å². The number of nitrogens with zero attached hydrogens (tertiary/aromatic N) is 1. The Morgan fingerprint density at radius 1 is 1.00 bits per heavy atom. The van der Waals surface area contributed by atoms with E-state index in [0.717, 1.165) is 16.6 Å². The lowest BCUT2D eigenvalue weighted by Gasteiger charge is -2.21. The summed E-state index contributed by atoms with van der Waals surface area (Å²) in [5, 5.41) is 7.29. The van der Waals surface area contributed by atoms with Crippen LogP contribution >= 0.6 is 11.6 Å². The SMILES string of the molecule is Cc1ccc(NCc2cc3cc4c(cc3n(CC(=O)Nc3ccccc3Cl)c2=O)OCCO4)cc1. The fourth-order valence-electron chi connectivity index (χ4n) is 4.02. The summed E-state index contributed by atoms with van der Waals surface area (Å²) in [5.74, 6) is 0.806. The highest BCUT2D eigenvalue weighted by atomic mass is 35.5. The number of fused-ring (bicyclic) bond motifs is 2. The smallest absolute Gasteiger partial charge is 0.256 e. The molecular weight excluding hydrogens is 466 g/mol. The Bertz CT molecular complexity index is 1460. The van der Waals surface area contributed by atoms with Crippen LogP contribution in [0.15, 0.2) is 71.5 Å². The molecular formula is C27H24ClN3O4. The first-order valence-corrected chi connectivity index (χ1v) is 11.7. The molecule has 7 nitrogen and oxygen atoms in total. The number of anilines is 2. The molecule has 35 heavy (non-hydrogen) atoms. The van der Waals surface area contributed by atoms with E-state index in [-0.39, 0.29) is 18.0 Å². The number of pyridine rings is 1. The zero-order chi connectivity index (χ0) is 24.4. The Labute approximate surface area is 207 Å². The van der Waals surface area contributed by atoms with Crippen LogP contribution in [0.25, 0.3) is 10.9 Å². The van der Waals surface area contributed by atoms with E-state index in [1.54, 1.807) is 30.3 Å². The van der Waals surface area contributed by atoms with Crippen molar-refractivity contribution in [1.82, 2.24) is 4.57 Å². The molecule has 1 aliphatic rings. The topological polar surface area (TPSA) is 81.6 Å². The molecule has 0 bridgehead atoms. The number of para-hydroxylation sites is 1. The molecule has 2 N–H and O–H groups in total. The summed E-state index contributed by atoms with van der Waals surface area (Å²) in [7, 11) is 0. The van der Waals surface area contributed by atoms with Gasteiger partial charge in [0.05, 0.1) is 16.2 Å². The highest BCUT2D eigenvalue weighted by Crippen LogP contribution is 2.34. The van der Waals surface area contributed by atoms with E-state index in [1.807, 2.05) is 43.3 Å². The van der Waals surface area contributed by atoms with Gasteiger partial charge in [0.1, 0.15) is 19.8 Å². The molecule has 4 aromatic rings. The number of amides is 1. The zero-order valence-corrected chi connectivity index (χ0v) is 19.9. The molecule has 1 amide bonds. The predicted octanol–water partition coefficient (Wildman–Crippen LogP) is 4.99. The second kappa shape index (κ2) is 9.72. The largest absolute Gasteiger partial charge is 0.486 e. The number of hydrogen-bond donors (Lipinski definition) is 2. The Balaban J connectivity index is 1.52. The minimum atomic E-state index is -0.361. The average Bonchev–Trinajstić information content (AvgIpc) is 2.86. The van der Waals surface area contributed by atoms with E-state index < -0.39 is 0 Å². The van der Waals surface area contributed by atoms with Crippen molar-refractivity contribution in [2.75, 3.05) is 23.8 Å². The predicted molar refractivity (Wildman–Crippen MR) is 138 cm³/mol. The highest BCUT2D eigenvalue weighted by molar-refractivity contribution is 6.33. The molecule has 0 unspecified atom stereocenters. The molecule has 178 valence electrons. The lowest BCUT2D eigenvalue weighted by atomic mass is 10.1. The van der Waals surface area contributed by atoms with Gasteiger partial charge in [0, 0.05) is 29.2 Å². The van der Waals surface area contributed by atoms with Crippen LogP contribution in [0.4, 0.5) is 11.4 Å². The Kier molecular flexibility index (Phi) is 6.33. The molecule has 0 spiro atoms. The molecule has 2 heterocycles. The van der Waals surface area contributed by atoms with E-state index in [0.29, 0.717) is 53.0 Å². The monoisotopic (exact) mass is 489 g/mol. The van der Waals surface area contributed by atoms with Gasteiger partial charge in [0.15, 0.2) is 11.5 Å². The van der Waals surface area contributed by atoms with Gasteiger partial charge in [0.2, 0.25) is 5.91 Å². The van der Waals surface area contributed by atoms with Crippen LogP contribution in [0.5, 0.6) is 11.5 Å². The molecule has 1 aliphatic heterocycles. The number of halogens is 1. The number of aromatic nitrogens is 1. The summed E-state index contributed by atoms with van der Waals surface area (Å²) < 4.78 is 12.9. The lowest BCUT2D eigenvalue weighted by Crippen LogP contribution is -2.31. The summed E-state index contributed by atoms with van der Waals surface area (Å²) in [6.07, 6.45) is 0. The minimum absolute atomic E-state index is 0.182. The fraction of sp³-hybridized carbons (Fsp3) is 0.185. The van der Waals surface area contributed by atoms with Crippen molar-refractivity contribution < 1.29 is 14.3 Å². The van der Waals surface area contributed by atoms with Gasteiger partial charge in [-0.15, -0.1) is 0 Å². The van der Waals surface area contributed by atoms with Crippen molar-refractivity contribution in [1.29, 1.82) is 0 Å². The van der Waals surface area contributed by atoms with Crippen LogP contribution in [0, 0.1) is 6.92 Å². The summed E-state index contributed by atoms with van der Waals surface area (Å²) >= 11 is 6.19. The maximum Gasteiger partial charge on any atom is 0.256 e. The third-order valence-electron chi connectivity index (χ3n) is 5.82. The zero-order valence-electron chi connectivity index (χ0n) is 19.1. The average molecular weight is 490 g/mol. The van der Waals surface area contributed by atoms with Gasteiger partial charge in [-0.25, -0.2) is 0 Å². The molecule has 0 aliphatic carbocycles. The van der Waals surface area contributed by atoms with Crippen molar-refractivity contribution in [3.63, 3.8) is 0 Å². The van der Waals surface area contributed by atoms with Gasteiger partial charge < -0.3 is 20.1 Å². The van der Waals surface area contributed by atoms with Crippen molar-refractivity contribution in [3.8, 4) is 11.5 Å². The van der Waals surface area contributed by atoms with E-state index in [9.17, 15) is 9.59 Å². The van der Waals surface area contributed by atoms with E-state index >= 15 is 0 Å². The first-order valence-electron chi connectivity index (χ1n) is 11.3. The molecule has 0 atom stereocenters. The van der Waals surface area contributed by atoms with E-state index in [4.69, 9.17) is 21.1 Å². The lowest BCUT2D eigenvalue weighted by molar-refractivity contribution is -0.116. The van der Waals surface area contributed by atoms with Crippen LogP contribution in [0.3, 0.4) is 0 Å². The first kappa shape index (κ1) is 22.8. The van der Waals surface area contributed by atoms with Crippen molar-refractivity contribution in [2.45, 2.75) is 20.0 Å². The molecule has 0 radical (unpaired) electrons. The molecule has 0 fully saturated rings. The van der Waals surface area contributed by atoms with Crippen LogP contribution in [-0.4, -0.2) is 23.7 Å². The summed E-state index contributed by atoms with van der Waals surface area (Å²) in [6.45, 7) is 3.03. The summed E-state index contributed by atoms with van der Waals surface area (Å²) in [4.78, 5) is 26.5. The highest BCUT2D eigenvalue weighted by Gasteiger charge is 2.18. The van der Waals surface area contributed by atoms with Crippen LogP contribution in [0.2, 0.25) is 5.02 Å². The number of carbonyl (C=O) groups is 1. The first-order chi connectivity index (χ1) is 17.0. The third kappa shape index (κ3) is 4.95. The summed E-state index contributed by atoms with van der Waals surface area (Å²) in [6, 6.07) is 20.3. The number of benzene rings is 3. The maximum atomic E-state index is 13.5. The van der Waals surface area contributed by atoms with E-state index in [1.165, 1.54) is 4.57 Å². The molecule has 1 aromatic heterocycles. The number of nitrogens with one attached hydrogen (secondary N) is 2. The normalized spacial score (nSPS) is 12.4. The fourth-order valence-corrected chi connectivity index (χ4v) is 4.21. The molecule has 5 rings (SSSR count). The number of aryl methyl sites for hydroxylation is 1. The van der Waals surface area contributed by atoms with Crippen LogP contribution in [0.1, 0.15) is 11.1 Å². The van der Waals surface area contributed by atoms with Gasteiger partial charge in [0.25, 0.3) is 5.56 Å². The Morgan fingerprint density at radius 3 is 2.46 bits per heavy atom. The van der Waals surface area contributed by atoms with Gasteiger partial charge in [-0.2, -0.15) is 0 Å². The Hall–Kier alpha value is -3.97.